The van der Waals surface area contributed by atoms with E-state index in [1.54, 1.807) is 0 Å². The van der Waals surface area contributed by atoms with Gasteiger partial charge in [0.1, 0.15) is 0 Å². The molecular weight excluding hydrogens is 544 g/mol. The third-order valence-electron chi connectivity index (χ3n) is 9.03. The minimum absolute atomic E-state index is 0.0404. The van der Waals surface area contributed by atoms with Gasteiger partial charge in [0.25, 0.3) is 0 Å². The lowest BCUT2D eigenvalue weighted by Gasteiger charge is -2.06. The van der Waals surface area contributed by atoms with Crippen LogP contribution in [0.2, 0.25) is 0 Å². The molecule has 44 heavy (non-hydrogen) atoms. The molecule has 0 radical (unpaired) electrons. The van der Waals surface area contributed by atoms with Gasteiger partial charge in [0, 0.05) is 12.8 Å². The Morgan fingerprint density at radius 3 is 0.750 bits per heavy atom. The number of hydrogen-bond donors (Lipinski definition) is 0. The topological polar surface area (TPSA) is 52.6 Å². The molecular formula is C40H78O4. The van der Waals surface area contributed by atoms with Gasteiger partial charge in [0.05, 0.1) is 13.2 Å². The van der Waals surface area contributed by atoms with Gasteiger partial charge in [-0.25, -0.2) is 0 Å². The SMILES string of the molecule is CCCCCCCCCCCCCCCCC(=O)OCCCCCCOC(=O)CCCCCCCCCCCCCCCC. The standard InChI is InChI=1S/C40H78O4/c1-3-5-7-9-11-13-15-17-19-21-23-25-27-31-35-39(41)43-37-33-29-30-34-38-44-40(42)36-32-28-26-24-22-20-18-16-14-12-10-8-6-4-2/h3-38H2,1-2H3. The molecule has 0 aliphatic rings. The summed E-state index contributed by atoms with van der Waals surface area (Å²) in [5, 5.41) is 0. The highest BCUT2D eigenvalue weighted by Crippen LogP contribution is 2.15. The van der Waals surface area contributed by atoms with E-state index in [0.717, 1.165) is 51.4 Å². The summed E-state index contributed by atoms with van der Waals surface area (Å²) >= 11 is 0. The normalized spacial score (nSPS) is 11.2. The van der Waals surface area contributed by atoms with Gasteiger partial charge < -0.3 is 9.47 Å². The van der Waals surface area contributed by atoms with Gasteiger partial charge in [-0.3, -0.25) is 9.59 Å². The molecule has 0 aromatic rings. The summed E-state index contributed by atoms with van der Waals surface area (Å²) in [5.74, 6) is -0.0808. The number of esters is 2. The zero-order chi connectivity index (χ0) is 32.0. The first-order chi connectivity index (χ1) is 21.7. The molecule has 0 fully saturated rings. The molecule has 0 N–H and O–H groups in total. The molecule has 0 aliphatic heterocycles. The molecule has 0 heterocycles. The second-order valence-electron chi connectivity index (χ2n) is 13.5. The van der Waals surface area contributed by atoms with Gasteiger partial charge in [-0.15, -0.1) is 0 Å². The molecule has 0 amide bonds. The van der Waals surface area contributed by atoms with Gasteiger partial charge in [0.2, 0.25) is 0 Å². The Morgan fingerprint density at radius 1 is 0.295 bits per heavy atom. The Bertz CT molecular complexity index is 526. The summed E-state index contributed by atoms with van der Waals surface area (Å²) in [6.45, 7) is 5.60. The highest BCUT2D eigenvalue weighted by molar-refractivity contribution is 5.69. The van der Waals surface area contributed by atoms with Crippen LogP contribution in [0.1, 0.15) is 232 Å². The third-order valence-corrected chi connectivity index (χ3v) is 9.03. The second-order valence-corrected chi connectivity index (χ2v) is 13.5. The lowest BCUT2D eigenvalue weighted by Crippen LogP contribution is -2.07. The summed E-state index contributed by atoms with van der Waals surface area (Å²) in [7, 11) is 0. The lowest BCUT2D eigenvalue weighted by atomic mass is 10.0. The van der Waals surface area contributed by atoms with Crippen LogP contribution in [0.5, 0.6) is 0 Å². The first-order valence-electron chi connectivity index (χ1n) is 20.0. The van der Waals surface area contributed by atoms with Gasteiger partial charge in [-0.05, 0) is 38.5 Å². The van der Waals surface area contributed by atoms with Crippen molar-refractivity contribution in [2.45, 2.75) is 232 Å². The minimum Gasteiger partial charge on any atom is -0.466 e. The van der Waals surface area contributed by atoms with Crippen LogP contribution >= 0.6 is 0 Å². The van der Waals surface area contributed by atoms with Crippen molar-refractivity contribution in [3.63, 3.8) is 0 Å². The molecule has 0 atom stereocenters. The van der Waals surface area contributed by atoms with Crippen molar-refractivity contribution in [1.29, 1.82) is 0 Å². The Hall–Kier alpha value is -1.06. The summed E-state index contributed by atoms with van der Waals surface area (Å²) in [6, 6.07) is 0. The summed E-state index contributed by atoms with van der Waals surface area (Å²) in [5.41, 5.74) is 0. The fourth-order valence-corrected chi connectivity index (χ4v) is 6.00. The first-order valence-corrected chi connectivity index (χ1v) is 20.0. The van der Waals surface area contributed by atoms with Crippen molar-refractivity contribution >= 4 is 11.9 Å². The van der Waals surface area contributed by atoms with E-state index in [0.29, 0.717) is 26.1 Å². The maximum absolute atomic E-state index is 11.9. The number of carbonyl (C=O) groups excluding carboxylic acids is 2. The van der Waals surface area contributed by atoms with Crippen molar-refractivity contribution in [2.24, 2.45) is 0 Å². The second kappa shape index (κ2) is 38.1. The van der Waals surface area contributed by atoms with Crippen LogP contribution < -0.4 is 0 Å². The molecule has 0 saturated carbocycles. The molecule has 4 heteroatoms. The third kappa shape index (κ3) is 37.1. The van der Waals surface area contributed by atoms with Crippen molar-refractivity contribution in [3.05, 3.63) is 0 Å². The largest absolute Gasteiger partial charge is 0.466 e. The summed E-state index contributed by atoms with van der Waals surface area (Å²) in [6.07, 6.45) is 42.2. The number of rotatable bonds is 37. The van der Waals surface area contributed by atoms with Gasteiger partial charge in [0.15, 0.2) is 0 Å². The van der Waals surface area contributed by atoms with Gasteiger partial charge in [-0.1, -0.05) is 181 Å². The van der Waals surface area contributed by atoms with E-state index in [1.165, 1.54) is 154 Å². The molecule has 0 aromatic carbocycles. The van der Waals surface area contributed by atoms with Crippen LogP contribution in [-0.2, 0) is 19.1 Å². The molecule has 0 aromatic heterocycles. The molecule has 0 saturated heterocycles. The Morgan fingerprint density at radius 2 is 0.500 bits per heavy atom. The van der Waals surface area contributed by atoms with E-state index >= 15 is 0 Å². The Balaban J connectivity index is 3.24. The van der Waals surface area contributed by atoms with E-state index in [4.69, 9.17) is 9.47 Å². The summed E-state index contributed by atoms with van der Waals surface area (Å²) in [4.78, 5) is 23.9. The van der Waals surface area contributed by atoms with E-state index in [2.05, 4.69) is 13.8 Å². The number of unbranched alkanes of at least 4 members (excludes halogenated alkanes) is 29. The van der Waals surface area contributed by atoms with E-state index in [1.807, 2.05) is 0 Å². The average molecular weight is 623 g/mol. The molecule has 0 spiro atoms. The van der Waals surface area contributed by atoms with Crippen LogP contribution in [0, 0.1) is 0 Å². The minimum atomic E-state index is -0.0404. The van der Waals surface area contributed by atoms with Crippen LogP contribution in [-0.4, -0.2) is 25.2 Å². The smallest absolute Gasteiger partial charge is 0.305 e. The van der Waals surface area contributed by atoms with Gasteiger partial charge >= 0.3 is 11.9 Å². The average Bonchev–Trinajstić information content (AvgIpc) is 3.02. The lowest BCUT2D eigenvalue weighted by molar-refractivity contribution is -0.145. The molecule has 0 rings (SSSR count). The van der Waals surface area contributed by atoms with E-state index < -0.39 is 0 Å². The Kier molecular flexibility index (Phi) is 37.2. The Labute approximate surface area is 276 Å². The van der Waals surface area contributed by atoms with E-state index in [9.17, 15) is 9.59 Å². The monoisotopic (exact) mass is 623 g/mol. The van der Waals surface area contributed by atoms with Crippen molar-refractivity contribution in [3.8, 4) is 0 Å². The predicted molar refractivity (Wildman–Crippen MR) is 190 cm³/mol. The van der Waals surface area contributed by atoms with Crippen molar-refractivity contribution in [2.75, 3.05) is 13.2 Å². The van der Waals surface area contributed by atoms with Crippen molar-refractivity contribution < 1.29 is 19.1 Å². The molecule has 4 nitrogen and oxygen atoms in total. The van der Waals surface area contributed by atoms with Crippen LogP contribution in [0.4, 0.5) is 0 Å². The van der Waals surface area contributed by atoms with Crippen LogP contribution in [0.25, 0.3) is 0 Å². The quantitative estimate of drug-likeness (QED) is 0.0511. The fourth-order valence-electron chi connectivity index (χ4n) is 6.00. The molecule has 0 unspecified atom stereocenters. The number of hydrogen-bond acceptors (Lipinski definition) is 4. The first kappa shape index (κ1) is 42.9. The fraction of sp³-hybridized carbons (Fsp3) is 0.950. The summed E-state index contributed by atoms with van der Waals surface area (Å²) < 4.78 is 10.8. The maximum Gasteiger partial charge on any atom is 0.305 e. The zero-order valence-electron chi connectivity index (χ0n) is 30.1. The molecule has 262 valence electrons. The maximum atomic E-state index is 11.9. The van der Waals surface area contributed by atoms with E-state index in [-0.39, 0.29) is 11.9 Å². The highest BCUT2D eigenvalue weighted by Gasteiger charge is 2.04. The predicted octanol–water partition coefficient (Wildman–Crippen LogP) is 13.4. The van der Waals surface area contributed by atoms with Crippen LogP contribution in [0.3, 0.4) is 0 Å². The van der Waals surface area contributed by atoms with Crippen LogP contribution in [0.15, 0.2) is 0 Å². The molecule has 0 bridgehead atoms. The molecule has 0 aliphatic carbocycles. The van der Waals surface area contributed by atoms with Crippen molar-refractivity contribution in [1.82, 2.24) is 0 Å². The zero-order valence-corrected chi connectivity index (χ0v) is 30.1. The van der Waals surface area contributed by atoms with Gasteiger partial charge in [-0.2, -0.15) is 0 Å². The number of ether oxygens (including phenoxy) is 2. The highest BCUT2D eigenvalue weighted by atomic mass is 16.5. The number of carbonyl (C=O) groups is 2.